The third-order valence-corrected chi connectivity index (χ3v) is 5.68. The molecule has 2 bridgehead atoms. The lowest BCUT2D eigenvalue weighted by Gasteiger charge is -2.24. The van der Waals surface area contributed by atoms with Gasteiger partial charge in [0.1, 0.15) is 11.3 Å². The topological polar surface area (TPSA) is 77.6 Å². The van der Waals surface area contributed by atoms with E-state index in [-0.39, 0.29) is 47.6 Å². The van der Waals surface area contributed by atoms with Gasteiger partial charge in [0.2, 0.25) is 0 Å². The molecule has 4 rings (SSSR count). The number of nitrogens with two attached hydrogens (primary N) is 1. The molecule has 0 spiro atoms. The van der Waals surface area contributed by atoms with Crippen molar-refractivity contribution in [2.75, 3.05) is 7.11 Å². The summed E-state index contributed by atoms with van der Waals surface area (Å²) in [6.45, 7) is 1.80. The molecule has 3 atom stereocenters. The Morgan fingerprint density at radius 1 is 1.22 bits per heavy atom. The number of aromatic nitrogens is 1. The van der Waals surface area contributed by atoms with Gasteiger partial charge in [-0.2, -0.15) is 0 Å². The van der Waals surface area contributed by atoms with Crippen LogP contribution in [0.15, 0.2) is 41.3 Å². The first-order valence-corrected chi connectivity index (χ1v) is 8.97. The number of hydrogen-bond donors (Lipinski definition) is 1. The Kier molecular flexibility index (Phi) is 5.31. The van der Waals surface area contributed by atoms with Crippen molar-refractivity contribution in [1.29, 1.82) is 0 Å². The number of methoxy groups -OCH3 is 1. The molecule has 27 heavy (non-hydrogen) atoms. The molecule has 1 amide bonds. The van der Waals surface area contributed by atoms with Gasteiger partial charge in [-0.15, -0.1) is 12.4 Å². The van der Waals surface area contributed by atoms with Crippen LogP contribution in [0, 0.1) is 6.92 Å². The van der Waals surface area contributed by atoms with E-state index in [0.717, 1.165) is 19.3 Å². The number of hydrogen-bond acceptors (Lipinski definition) is 4. The third-order valence-electron chi connectivity index (χ3n) is 5.68. The Labute approximate surface area is 164 Å². The van der Waals surface area contributed by atoms with Gasteiger partial charge in [-0.3, -0.25) is 14.2 Å². The Hall–Kier alpha value is -2.31. The van der Waals surface area contributed by atoms with Crippen molar-refractivity contribution in [2.45, 2.75) is 44.3 Å². The molecule has 0 saturated carbocycles. The molecule has 3 heterocycles. The molecule has 0 aliphatic carbocycles. The van der Waals surface area contributed by atoms with Gasteiger partial charge in [0.25, 0.3) is 11.5 Å². The summed E-state index contributed by atoms with van der Waals surface area (Å²) in [4.78, 5) is 28.3. The molecule has 144 valence electrons. The van der Waals surface area contributed by atoms with Gasteiger partial charge >= 0.3 is 0 Å². The lowest BCUT2D eigenvalue weighted by Crippen LogP contribution is -2.43. The fourth-order valence-corrected chi connectivity index (χ4v) is 4.39. The Balaban J connectivity index is 0.00000210. The second-order valence-corrected chi connectivity index (χ2v) is 7.13. The molecule has 0 unspecified atom stereocenters. The Bertz CT molecular complexity index is 927. The number of carbonyl (C=O) groups is 1. The summed E-state index contributed by atoms with van der Waals surface area (Å²) in [6.07, 6.45) is 4.40. The van der Waals surface area contributed by atoms with Crippen LogP contribution in [-0.4, -0.2) is 40.6 Å². The number of rotatable bonds is 3. The standard InChI is InChI=1S/C20H23N3O3.ClH/c1-12-9-10-22(16-5-3-4-6-17(16)26-2)19(24)18(12)20(25)23-13-7-8-15(23)14(21)11-13;/h3-6,9-10,13-15H,7-8,11,21H2,1-2H3;1H/t13-,14-,15+;/m1./s1. The van der Waals surface area contributed by atoms with E-state index >= 15 is 0 Å². The van der Waals surface area contributed by atoms with Crippen LogP contribution in [0.2, 0.25) is 0 Å². The van der Waals surface area contributed by atoms with E-state index in [1.54, 1.807) is 38.4 Å². The van der Waals surface area contributed by atoms with Gasteiger partial charge in [-0.05, 0) is 49.9 Å². The fraction of sp³-hybridized carbons (Fsp3) is 0.400. The van der Waals surface area contributed by atoms with Crippen LogP contribution in [0.5, 0.6) is 5.75 Å². The number of carbonyl (C=O) groups excluding carboxylic acids is 1. The highest BCUT2D eigenvalue weighted by Crippen LogP contribution is 2.37. The fourth-order valence-electron chi connectivity index (χ4n) is 4.39. The van der Waals surface area contributed by atoms with Crippen LogP contribution < -0.4 is 16.0 Å². The second-order valence-electron chi connectivity index (χ2n) is 7.13. The zero-order valence-electron chi connectivity index (χ0n) is 15.4. The normalized spacial score (nSPS) is 23.2. The summed E-state index contributed by atoms with van der Waals surface area (Å²) < 4.78 is 6.85. The zero-order valence-corrected chi connectivity index (χ0v) is 16.2. The maximum Gasteiger partial charge on any atom is 0.268 e. The maximum absolute atomic E-state index is 13.3. The van der Waals surface area contributed by atoms with Crippen molar-refractivity contribution < 1.29 is 9.53 Å². The minimum Gasteiger partial charge on any atom is -0.495 e. The first-order valence-electron chi connectivity index (χ1n) is 8.97. The van der Waals surface area contributed by atoms with E-state index < -0.39 is 0 Å². The molecule has 2 N–H and O–H groups in total. The average molecular weight is 390 g/mol. The molecule has 2 aliphatic heterocycles. The van der Waals surface area contributed by atoms with Gasteiger partial charge < -0.3 is 15.4 Å². The van der Waals surface area contributed by atoms with E-state index in [4.69, 9.17) is 10.5 Å². The molecule has 2 fully saturated rings. The summed E-state index contributed by atoms with van der Waals surface area (Å²) >= 11 is 0. The minimum absolute atomic E-state index is 0. The predicted octanol–water partition coefficient (Wildman–Crippen LogP) is 2.28. The number of benzene rings is 1. The number of halogens is 1. The van der Waals surface area contributed by atoms with Gasteiger partial charge in [-0.1, -0.05) is 12.1 Å². The van der Waals surface area contributed by atoms with E-state index in [1.165, 1.54) is 4.57 Å². The highest BCUT2D eigenvalue weighted by molar-refractivity contribution is 5.96. The SMILES string of the molecule is COc1ccccc1-n1ccc(C)c(C(=O)N2[C@@H]3CC[C@H]2[C@H](N)C3)c1=O.Cl. The molecule has 2 saturated heterocycles. The quantitative estimate of drug-likeness (QED) is 0.873. The zero-order chi connectivity index (χ0) is 18.4. The number of ether oxygens (including phenoxy) is 1. The Morgan fingerprint density at radius 2 is 1.96 bits per heavy atom. The van der Waals surface area contributed by atoms with Crippen molar-refractivity contribution in [3.63, 3.8) is 0 Å². The van der Waals surface area contributed by atoms with Crippen LogP contribution in [0.25, 0.3) is 5.69 Å². The third kappa shape index (κ3) is 3.03. The van der Waals surface area contributed by atoms with Gasteiger partial charge in [0.05, 0.1) is 12.8 Å². The first kappa shape index (κ1) is 19.5. The van der Waals surface area contributed by atoms with Gasteiger partial charge in [0.15, 0.2) is 0 Å². The number of nitrogens with zero attached hydrogens (tertiary/aromatic N) is 2. The summed E-state index contributed by atoms with van der Waals surface area (Å²) in [7, 11) is 1.56. The van der Waals surface area contributed by atoms with E-state index in [2.05, 4.69) is 0 Å². The molecule has 1 aromatic carbocycles. The number of para-hydroxylation sites is 2. The van der Waals surface area contributed by atoms with Crippen molar-refractivity contribution in [2.24, 2.45) is 5.73 Å². The minimum atomic E-state index is -0.320. The van der Waals surface area contributed by atoms with E-state index in [0.29, 0.717) is 17.0 Å². The summed E-state index contributed by atoms with van der Waals surface area (Å²) in [5.41, 5.74) is 7.38. The molecule has 2 aromatic rings. The van der Waals surface area contributed by atoms with Crippen molar-refractivity contribution >= 4 is 18.3 Å². The molecular weight excluding hydrogens is 366 g/mol. The van der Waals surface area contributed by atoms with Crippen molar-refractivity contribution in [3.05, 3.63) is 58.0 Å². The van der Waals surface area contributed by atoms with Gasteiger partial charge in [-0.25, -0.2) is 0 Å². The van der Waals surface area contributed by atoms with Crippen LogP contribution in [0.4, 0.5) is 0 Å². The van der Waals surface area contributed by atoms with E-state index in [9.17, 15) is 9.59 Å². The van der Waals surface area contributed by atoms with Crippen LogP contribution in [-0.2, 0) is 0 Å². The van der Waals surface area contributed by atoms with Crippen LogP contribution in [0.3, 0.4) is 0 Å². The molecule has 1 aromatic heterocycles. The number of amides is 1. The number of pyridine rings is 1. The molecule has 6 nitrogen and oxygen atoms in total. The number of fused-ring (bicyclic) bond motifs is 2. The summed E-state index contributed by atoms with van der Waals surface area (Å²) in [6, 6.07) is 9.30. The smallest absolute Gasteiger partial charge is 0.268 e. The van der Waals surface area contributed by atoms with Gasteiger partial charge in [0, 0.05) is 24.3 Å². The maximum atomic E-state index is 13.3. The van der Waals surface area contributed by atoms with Crippen molar-refractivity contribution in [3.8, 4) is 11.4 Å². The lowest BCUT2D eigenvalue weighted by molar-refractivity contribution is 0.0723. The van der Waals surface area contributed by atoms with Crippen LogP contribution in [0.1, 0.15) is 35.2 Å². The largest absolute Gasteiger partial charge is 0.495 e. The summed E-state index contributed by atoms with van der Waals surface area (Å²) in [5.74, 6) is 0.386. The molecular formula is C20H24ClN3O3. The van der Waals surface area contributed by atoms with Crippen molar-refractivity contribution in [1.82, 2.24) is 9.47 Å². The second kappa shape index (κ2) is 7.37. The average Bonchev–Trinajstić information content (AvgIpc) is 3.18. The molecule has 7 heteroatoms. The monoisotopic (exact) mass is 389 g/mol. The van der Waals surface area contributed by atoms with Crippen LogP contribution >= 0.6 is 12.4 Å². The Morgan fingerprint density at radius 3 is 2.59 bits per heavy atom. The molecule has 2 aliphatic rings. The predicted molar refractivity (Wildman–Crippen MR) is 106 cm³/mol. The first-order chi connectivity index (χ1) is 12.5. The summed E-state index contributed by atoms with van der Waals surface area (Å²) in [5, 5.41) is 0. The lowest BCUT2D eigenvalue weighted by atomic mass is 9.96. The van der Waals surface area contributed by atoms with E-state index in [1.807, 2.05) is 17.0 Å². The highest BCUT2D eigenvalue weighted by atomic mass is 35.5. The number of aryl methyl sites for hydroxylation is 1. The highest BCUT2D eigenvalue weighted by Gasteiger charge is 2.47. The molecule has 0 radical (unpaired) electrons.